The van der Waals surface area contributed by atoms with Gasteiger partial charge in [-0.25, -0.2) is 13.2 Å². The third kappa shape index (κ3) is 7.83. The molecule has 5 rings (SSSR count). The molecule has 3 atom stereocenters. The maximum Gasteiger partial charge on any atom is 0.410 e. The second-order valence-corrected chi connectivity index (χ2v) is 14.2. The molecule has 1 aliphatic heterocycles. The molecule has 1 heterocycles. The van der Waals surface area contributed by atoms with Gasteiger partial charge in [0.2, 0.25) is 10.0 Å². The molecule has 1 saturated carbocycles. The van der Waals surface area contributed by atoms with Gasteiger partial charge in [-0.05, 0) is 72.9 Å². The van der Waals surface area contributed by atoms with E-state index in [2.05, 4.69) is 23.6 Å². The lowest BCUT2D eigenvalue weighted by Gasteiger charge is -2.39. The van der Waals surface area contributed by atoms with Gasteiger partial charge in [-0.15, -0.1) is 6.58 Å². The number of non-ortho nitro benzene ring substituents is 1. The highest BCUT2D eigenvalue weighted by atomic mass is 32.2. The molecule has 46 heavy (non-hydrogen) atoms. The zero-order valence-electron chi connectivity index (χ0n) is 26.2. The Morgan fingerprint density at radius 1 is 0.978 bits per heavy atom. The highest BCUT2D eigenvalue weighted by Gasteiger charge is 2.41. The van der Waals surface area contributed by atoms with Crippen LogP contribution in [-0.2, 0) is 21.4 Å². The van der Waals surface area contributed by atoms with E-state index in [9.17, 15) is 23.3 Å². The van der Waals surface area contributed by atoms with Gasteiger partial charge in [0.05, 0.1) is 9.82 Å². The molecular formula is C35H42N4O6S. The third-order valence-electron chi connectivity index (χ3n) is 9.39. The van der Waals surface area contributed by atoms with Gasteiger partial charge in [-0.3, -0.25) is 10.1 Å². The highest BCUT2D eigenvalue weighted by Crippen LogP contribution is 2.43. The van der Waals surface area contributed by atoms with Crippen molar-refractivity contribution in [2.24, 2.45) is 5.92 Å². The Kier molecular flexibility index (Phi) is 10.9. The Labute approximate surface area is 271 Å². The smallest absolute Gasteiger partial charge is 0.410 e. The normalized spacial score (nSPS) is 20.8. The summed E-state index contributed by atoms with van der Waals surface area (Å²) in [7, 11) is -1.90. The molecular weight excluding hydrogens is 604 g/mol. The number of piperidine rings is 1. The third-order valence-corrected chi connectivity index (χ3v) is 11.3. The van der Waals surface area contributed by atoms with Crippen LogP contribution in [0.1, 0.15) is 42.7 Å². The largest absolute Gasteiger partial charge is 0.445 e. The average molecular weight is 647 g/mol. The Morgan fingerprint density at radius 3 is 2.22 bits per heavy atom. The van der Waals surface area contributed by atoms with Gasteiger partial charge in [-0.1, -0.05) is 54.6 Å². The molecule has 2 aliphatic rings. The van der Waals surface area contributed by atoms with Gasteiger partial charge in [0.15, 0.2) is 0 Å². The summed E-state index contributed by atoms with van der Waals surface area (Å²) in [6.07, 6.45) is 4.38. The minimum absolute atomic E-state index is 0.00186. The first-order chi connectivity index (χ1) is 22.2. The maximum absolute atomic E-state index is 13.5. The van der Waals surface area contributed by atoms with E-state index < -0.39 is 21.0 Å². The molecule has 0 N–H and O–H groups in total. The van der Waals surface area contributed by atoms with E-state index in [1.54, 1.807) is 58.7 Å². The Hall–Kier alpha value is -4.06. The first-order valence-corrected chi connectivity index (χ1v) is 17.2. The SMILES string of the molecule is C=CCN(C(=O)OCc1ccc([N+](=O)[O-])cc1)C1CCN(C[C@H]2CC(N(C)S(=O)(=O)c3ccccc3)C[C@@H]2c2ccccc2)CC1. The van der Waals surface area contributed by atoms with E-state index in [-0.39, 0.29) is 36.2 Å². The molecule has 0 spiro atoms. The molecule has 3 aromatic carbocycles. The van der Waals surface area contributed by atoms with Crippen molar-refractivity contribution in [2.45, 2.75) is 55.2 Å². The molecule has 1 aliphatic carbocycles. The number of carbonyl (C=O) groups is 1. The topological polar surface area (TPSA) is 113 Å². The highest BCUT2D eigenvalue weighted by molar-refractivity contribution is 7.89. The number of likely N-dealkylation sites (tertiary alicyclic amines) is 1. The summed E-state index contributed by atoms with van der Waals surface area (Å²) < 4.78 is 34.1. The zero-order chi connectivity index (χ0) is 32.7. The van der Waals surface area contributed by atoms with Crippen molar-refractivity contribution in [2.75, 3.05) is 33.2 Å². The Morgan fingerprint density at radius 2 is 1.61 bits per heavy atom. The van der Waals surface area contributed by atoms with Crippen LogP contribution in [0.3, 0.4) is 0 Å². The van der Waals surface area contributed by atoms with Crippen LogP contribution in [0, 0.1) is 16.0 Å². The molecule has 1 saturated heterocycles. The van der Waals surface area contributed by atoms with Crippen molar-refractivity contribution in [1.29, 1.82) is 0 Å². The second-order valence-electron chi connectivity index (χ2n) is 12.2. The number of amides is 1. The van der Waals surface area contributed by atoms with Crippen LogP contribution in [0.2, 0.25) is 0 Å². The van der Waals surface area contributed by atoms with Crippen LogP contribution >= 0.6 is 0 Å². The van der Waals surface area contributed by atoms with Gasteiger partial charge in [0, 0.05) is 57.4 Å². The number of rotatable bonds is 12. The van der Waals surface area contributed by atoms with Crippen LogP contribution in [0.4, 0.5) is 10.5 Å². The number of hydrogen-bond donors (Lipinski definition) is 0. The van der Waals surface area contributed by atoms with E-state index in [1.165, 1.54) is 17.7 Å². The van der Waals surface area contributed by atoms with E-state index >= 15 is 0 Å². The lowest BCUT2D eigenvalue weighted by Crippen LogP contribution is -2.48. The van der Waals surface area contributed by atoms with Crippen molar-refractivity contribution < 1.29 is 22.9 Å². The summed E-state index contributed by atoms with van der Waals surface area (Å²) in [4.78, 5) is 28.0. The molecule has 0 aromatic heterocycles. The lowest BCUT2D eigenvalue weighted by atomic mass is 9.88. The number of nitrogens with zero attached hydrogens (tertiary/aromatic N) is 4. The van der Waals surface area contributed by atoms with E-state index in [4.69, 9.17) is 4.74 Å². The number of ether oxygens (including phenoxy) is 1. The summed E-state index contributed by atoms with van der Waals surface area (Å²) in [5.41, 5.74) is 1.91. The minimum atomic E-state index is -3.61. The Balaban J connectivity index is 1.20. The van der Waals surface area contributed by atoms with Crippen molar-refractivity contribution >= 4 is 21.8 Å². The number of sulfonamides is 1. The van der Waals surface area contributed by atoms with Gasteiger partial charge >= 0.3 is 6.09 Å². The lowest BCUT2D eigenvalue weighted by molar-refractivity contribution is -0.384. The van der Waals surface area contributed by atoms with Crippen molar-refractivity contribution in [1.82, 2.24) is 14.1 Å². The van der Waals surface area contributed by atoms with E-state index in [0.717, 1.165) is 45.3 Å². The maximum atomic E-state index is 13.5. The van der Waals surface area contributed by atoms with Gasteiger partial charge in [0.25, 0.3) is 5.69 Å². The Bertz CT molecular complexity index is 1580. The summed E-state index contributed by atoms with van der Waals surface area (Å²) >= 11 is 0. The van der Waals surface area contributed by atoms with Crippen LogP contribution in [0.25, 0.3) is 0 Å². The summed E-state index contributed by atoms with van der Waals surface area (Å²) in [6.45, 7) is 6.71. The summed E-state index contributed by atoms with van der Waals surface area (Å²) in [5.74, 6) is 0.525. The van der Waals surface area contributed by atoms with Crippen LogP contribution in [0.5, 0.6) is 0 Å². The van der Waals surface area contributed by atoms with Crippen molar-refractivity contribution in [3.8, 4) is 0 Å². The monoisotopic (exact) mass is 646 g/mol. The molecule has 1 unspecified atom stereocenters. The molecule has 11 heteroatoms. The van der Waals surface area contributed by atoms with Gasteiger partial charge in [0.1, 0.15) is 6.61 Å². The first-order valence-electron chi connectivity index (χ1n) is 15.8. The molecule has 2 fully saturated rings. The molecule has 1 amide bonds. The van der Waals surface area contributed by atoms with Crippen molar-refractivity contribution in [3.05, 3.63) is 119 Å². The predicted octanol–water partition coefficient (Wildman–Crippen LogP) is 6.07. The fourth-order valence-electron chi connectivity index (χ4n) is 6.86. The number of carbonyl (C=O) groups excluding carboxylic acids is 1. The quantitative estimate of drug-likeness (QED) is 0.133. The number of nitro benzene ring substituents is 1. The first kappa shape index (κ1) is 33.3. The molecule has 0 bridgehead atoms. The zero-order valence-corrected chi connectivity index (χ0v) is 27.0. The predicted molar refractivity (Wildman–Crippen MR) is 177 cm³/mol. The minimum Gasteiger partial charge on any atom is -0.445 e. The fraction of sp³-hybridized carbons (Fsp3) is 0.400. The summed E-state index contributed by atoms with van der Waals surface area (Å²) in [6, 6.07) is 24.9. The van der Waals surface area contributed by atoms with Gasteiger partial charge < -0.3 is 14.5 Å². The second kappa shape index (κ2) is 15.0. The fourth-order valence-corrected chi connectivity index (χ4v) is 8.25. The molecule has 3 aromatic rings. The summed E-state index contributed by atoms with van der Waals surface area (Å²) in [5, 5.41) is 10.9. The van der Waals surface area contributed by atoms with Crippen LogP contribution in [-0.4, -0.2) is 78.8 Å². The molecule has 10 nitrogen and oxygen atoms in total. The number of nitro groups is 1. The van der Waals surface area contributed by atoms with E-state index in [1.807, 2.05) is 24.3 Å². The van der Waals surface area contributed by atoms with Crippen molar-refractivity contribution in [3.63, 3.8) is 0 Å². The van der Waals surface area contributed by atoms with Crippen LogP contribution in [0.15, 0.2) is 102 Å². The molecule has 244 valence electrons. The van der Waals surface area contributed by atoms with Crippen LogP contribution < -0.4 is 0 Å². The van der Waals surface area contributed by atoms with Gasteiger partial charge in [-0.2, -0.15) is 4.31 Å². The average Bonchev–Trinajstić information content (AvgIpc) is 3.50. The molecule has 0 radical (unpaired) electrons. The number of benzene rings is 3. The van der Waals surface area contributed by atoms with E-state index in [0.29, 0.717) is 17.0 Å². The number of hydrogen-bond acceptors (Lipinski definition) is 7. The standard InChI is InChI=1S/C35H42N4O6S/c1-3-20-38(35(40)45-26-27-14-16-31(17-15-27)39(41)42)30-18-21-37(22-19-30)25-29-23-32(24-34(29)28-10-6-4-7-11-28)36(2)46(43,44)33-12-8-5-9-13-33/h3-17,29-30,32,34H,1,18-26H2,2H3/t29-,32?,34-/m1/s1.